The van der Waals surface area contributed by atoms with Gasteiger partial charge in [0.2, 0.25) is 9.84 Å². The van der Waals surface area contributed by atoms with Gasteiger partial charge in [0, 0.05) is 5.69 Å². The second-order valence-corrected chi connectivity index (χ2v) is 5.48. The lowest BCUT2D eigenvalue weighted by Gasteiger charge is -2.04. The minimum absolute atomic E-state index is 0.0590. The number of nitrogen functional groups attached to an aromatic ring is 1. The number of nitrogens with two attached hydrogens (primary N) is 1. The van der Waals surface area contributed by atoms with Gasteiger partial charge in [-0.25, -0.2) is 12.8 Å². The quantitative estimate of drug-likeness (QED) is 0.657. The predicted octanol–water partition coefficient (Wildman–Crippen LogP) is 2.24. The monoisotopic (exact) mass is 251 g/mol. The third kappa shape index (κ3) is 2.29. The van der Waals surface area contributed by atoms with E-state index in [1.807, 2.05) is 0 Å². The average molecular weight is 251 g/mol. The van der Waals surface area contributed by atoms with Crippen molar-refractivity contribution in [3.05, 3.63) is 54.3 Å². The van der Waals surface area contributed by atoms with Gasteiger partial charge in [0.05, 0.1) is 9.79 Å². The molecule has 0 aliphatic carbocycles. The van der Waals surface area contributed by atoms with E-state index in [0.29, 0.717) is 5.69 Å². The first-order chi connectivity index (χ1) is 8.00. The van der Waals surface area contributed by atoms with Crippen LogP contribution in [0.3, 0.4) is 0 Å². The Kier molecular flexibility index (Phi) is 2.85. The van der Waals surface area contributed by atoms with Crippen molar-refractivity contribution in [2.24, 2.45) is 0 Å². The average Bonchev–Trinajstić information content (AvgIpc) is 2.30. The van der Waals surface area contributed by atoms with E-state index in [1.54, 1.807) is 0 Å². The molecule has 0 aromatic heterocycles. The summed E-state index contributed by atoms with van der Waals surface area (Å²) in [6, 6.07) is 10.6. The van der Waals surface area contributed by atoms with Gasteiger partial charge in [0.1, 0.15) is 5.82 Å². The third-order valence-electron chi connectivity index (χ3n) is 2.31. The number of anilines is 1. The van der Waals surface area contributed by atoms with Crippen molar-refractivity contribution >= 4 is 15.5 Å². The summed E-state index contributed by atoms with van der Waals surface area (Å²) in [6.07, 6.45) is 0. The molecule has 88 valence electrons. The molecular weight excluding hydrogens is 241 g/mol. The van der Waals surface area contributed by atoms with Crippen LogP contribution in [0.1, 0.15) is 0 Å². The van der Waals surface area contributed by atoms with Crippen molar-refractivity contribution < 1.29 is 12.8 Å². The SMILES string of the molecule is Nc1ccc(S(=O)(=O)c2ccc(F)cc2)cc1. The highest BCUT2D eigenvalue weighted by atomic mass is 32.2. The van der Waals surface area contributed by atoms with Crippen molar-refractivity contribution in [1.29, 1.82) is 0 Å². The molecule has 0 saturated carbocycles. The number of rotatable bonds is 2. The lowest BCUT2D eigenvalue weighted by Crippen LogP contribution is -2.02. The number of benzene rings is 2. The topological polar surface area (TPSA) is 60.2 Å². The van der Waals surface area contributed by atoms with Crippen LogP contribution in [0.2, 0.25) is 0 Å². The highest BCUT2D eigenvalue weighted by Crippen LogP contribution is 2.21. The van der Waals surface area contributed by atoms with Crippen LogP contribution in [0.5, 0.6) is 0 Å². The van der Waals surface area contributed by atoms with Gasteiger partial charge in [-0.05, 0) is 48.5 Å². The van der Waals surface area contributed by atoms with Gasteiger partial charge >= 0.3 is 0 Å². The molecule has 0 atom stereocenters. The fraction of sp³-hybridized carbons (Fsp3) is 0. The van der Waals surface area contributed by atoms with Crippen LogP contribution < -0.4 is 5.73 Å². The van der Waals surface area contributed by atoms with E-state index >= 15 is 0 Å². The third-order valence-corrected chi connectivity index (χ3v) is 4.10. The standard InChI is InChI=1S/C12H10FNO2S/c13-9-1-5-11(6-2-9)17(15,16)12-7-3-10(14)4-8-12/h1-8H,14H2. The van der Waals surface area contributed by atoms with Gasteiger partial charge < -0.3 is 5.73 Å². The van der Waals surface area contributed by atoms with Crippen LogP contribution in [0.25, 0.3) is 0 Å². The molecule has 0 aliphatic rings. The Morgan fingerprint density at radius 3 is 1.71 bits per heavy atom. The number of halogens is 1. The molecule has 3 nitrogen and oxygen atoms in total. The summed E-state index contributed by atoms with van der Waals surface area (Å²) in [5.74, 6) is -0.471. The van der Waals surface area contributed by atoms with Crippen molar-refractivity contribution in [3.63, 3.8) is 0 Å². The molecule has 2 aromatic carbocycles. The van der Waals surface area contributed by atoms with Gasteiger partial charge in [-0.15, -0.1) is 0 Å². The van der Waals surface area contributed by atoms with Gasteiger partial charge in [-0.1, -0.05) is 0 Å². The zero-order valence-corrected chi connectivity index (χ0v) is 9.62. The van der Waals surface area contributed by atoms with Gasteiger partial charge in [-0.3, -0.25) is 0 Å². The molecule has 0 saturated heterocycles. The van der Waals surface area contributed by atoms with E-state index in [4.69, 9.17) is 5.73 Å². The molecule has 5 heteroatoms. The summed E-state index contributed by atoms with van der Waals surface area (Å²) in [6.45, 7) is 0. The van der Waals surface area contributed by atoms with Crippen molar-refractivity contribution in [2.45, 2.75) is 9.79 Å². The number of hydrogen-bond acceptors (Lipinski definition) is 3. The molecule has 0 unspecified atom stereocenters. The first-order valence-electron chi connectivity index (χ1n) is 4.86. The largest absolute Gasteiger partial charge is 0.399 e. The maximum Gasteiger partial charge on any atom is 0.206 e. The van der Waals surface area contributed by atoms with E-state index in [-0.39, 0.29) is 9.79 Å². The van der Waals surface area contributed by atoms with Crippen molar-refractivity contribution in [2.75, 3.05) is 5.73 Å². The Labute approximate surface area is 98.6 Å². The maximum absolute atomic E-state index is 12.7. The molecule has 0 fully saturated rings. The van der Waals surface area contributed by atoms with E-state index in [2.05, 4.69) is 0 Å². The fourth-order valence-electron chi connectivity index (χ4n) is 1.40. The molecule has 0 radical (unpaired) electrons. The van der Waals surface area contributed by atoms with Crippen LogP contribution in [0.15, 0.2) is 58.3 Å². The normalized spacial score (nSPS) is 11.4. The molecule has 0 aliphatic heterocycles. The smallest absolute Gasteiger partial charge is 0.206 e. The maximum atomic E-state index is 12.7. The van der Waals surface area contributed by atoms with Crippen molar-refractivity contribution in [1.82, 2.24) is 0 Å². The lowest BCUT2D eigenvalue weighted by atomic mass is 10.3. The van der Waals surface area contributed by atoms with Crippen LogP contribution in [0.4, 0.5) is 10.1 Å². The van der Waals surface area contributed by atoms with Crippen LogP contribution in [-0.4, -0.2) is 8.42 Å². The second-order valence-electron chi connectivity index (χ2n) is 3.53. The summed E-state index contributed by atoms with van der Waals surface area (Å²) in [5.41, 5.74) is 5.97. The molecule has 2 rings (SSSR count). The zero-order valence-electron chi connectivity index (χ0n) is 8.80. The fourth-order valence-corrected chi connectivity index (χ4v) is 2.66. The highest BCUT2D eigenvalue weighted by molar-refractivity contribution is 7.91. The van der Waals surface area contributed by atoms with E-state index < -0.39 is 15.7 Å². The van der Waals surface area contributed by atoms with Gasteiger partial charge in [-0.2, -0.15) is 0 Å². The summed E-state index contributed by atoms with van der Waals surface area (Å²) in [5, 5.41) is 0. The Morgan fingerprint density at radius 2 is 1.24 bits per heavy atom. The number of sulfone groups is 1. The van der Waals surface area contributed by atoms with Crippen molar-refractivity contribution in [3.8, 4) is 0 Å². The molecule has 2 N–H and O–H groups in total. The molecular formula is C12H10FNO2S. The molecule has 2 aromatic rings. The van der Waals surface area contributed by atoms with E-state index in [0.717, 1.165) is 12.1 Å². The minimum Gasteiger partial charge on any atom is -0.399 e. The molecule has 0 bridgehead atoms. The zero-order chi connectivity index (χ0) is 12.5. The molecule has 0 heterocycles. The second kappa shape index (κ2) is 4.18. The summed E-state index contributed by atoms with van der Waals surface area (Å²) < 4.78 is 36.9. The molecule has 0 spiro atoms. The van der Waals surface area contributed by atoms with Crippen LogP contribution in [-0.2, 0) is 9.84 Å². The summed E-state index contributed by atoms with van der Waals surface area (Å²) in [7, 11) is -3.59. The summed E-state index contributed by atoms with van der Waals surface area (Å²) >= 11 is 0. The van der Waals surface area contributed by atoms with Gasteiger partial charge in [0.25, 0.3) is 0 Å². The summed E-state index contributed by atoms with van der Waals surface area (Å²) in [4.78, 5) is 0.196. The van der Waals surface area contributed by atoms with E-state index in [9.17, 15) is 12.8 Å². The predicted molar refractivity (Wildman–Crippen MR) is 62.7 cm³/mol. The first-order valence-corrected chi connectivity index (χ1v) is 6.35. The Morgan fingerprint density at radius 1 is 0.824 bits per heavy atom. The molecule has 0 amide bonds. The van der Waals surface area contributed by atoms with E-state index in [1.165, 1.54) is 36.4 Å². The Bertz CT molecular complexity index is 567. The highest BCUT2D eigenvalue weighted by Gasteiger charge is 2.16. The Balaban J connectivity index is 2.50. The lowest BCUT2D eigenvalue weighted by molar-refractivity contribution is 0.595. The molecule has 17 heavy (non-hydrogen) atoms. The first kappa shape index (κ1) is 11.6. The van der Waals surface area contributed by atoms with Crippen LogP contribution in [0, 0.1) is 5.82 Å². The minimum atomic E-state index is -3.59. The van der Waals surface area contributed by atoms with Gasteiger partial charge in [0.15, 0.2) is 0 Å². The Hall–Kier alpha value is -1.88. The van der Waals surface area contributed by atoms with Crippen LogP contribution >= 0.6 is 0 Å². The number of hydrogen-bond donors (Lipinski definition) is 1.